The molecule has 160 valence electrons. The van der Waals surface area contributed by atoms with E-state index in [1.54, 1.807) is 24.3 Å². The minimum absolute atomic E-state index is 0.128. The minimum atomic E-state index is -0.316. The molecule has 31 heavy (non-hydrogen) atoms. The van der Waals surface area contributed by atoms with Gasteiger partial charge in [-0.25, -0.2) is 0 Å². The molecule has 0 radical (unpaired) electrons. The highest BCUT2D eigenvalue weighted by Crippen LogP contribution is 2.28. The predicted octanol–water partition coefficient (Wildman–Crippen LogP) is 5.66. The van der Waals surface area contributed by atoms with Crippen molar-refractivity contribution in [2.75, 3.05) is 13.2 Å². The molecule has 0 bridgehead atoms. The molecule has 3 aromatic carbocycles. The molecule has 0 saturated heterocycles. The lowest BCUT2D eigenvalue weighted by molar-refractivity contribution is 0.104. The molecule has 0 aliphatic carbocycles. The van der Waals surface area contributed by atoms with E-state index in [-0.39, 0.29) is 17.1 Å². The van der Waals surface area contributed by atoms with Crippen molar-refractivity contribution in [2.24, 2.45) is 0 Å². The standard InChI is InChI=1S/C26H26O5/c1-3-29-22-12-10-20(26(17-22)30-4-2)11-15-24(27)23-14-13-21(16-25(23)28)31-18-19-8-6-5-7-9-19/h5-17,28H,3-4,18H2,1-2H3. The van der Waals surface area contributed by atoms with Crippen LogP contribution < -0.4 is 14.2 Å². The maximum Gasteiger partial charge on any atom is 0.189 e. The fourth-order valence-electron chi connectivity index (χ4n) is 3.00. The molecular weight excluding hydrogens is 392 g/mol. The van der Waals surface area contributed by atoms with Crippen molar-refractivity contribution in [3.8, 4) is 23.0 Å². The highest BCUT2D eigenvalue weighted by molar-refractivity contribution is 6.08. The summed E-state index contributed by atoms with van der Waals surface area (Å²) in [5.41, 5.74) is 1.97. The zero-order chi connectivity index (χ0) is 22.1. The largest absolute Gasteiger partial charge is 0.507 e. The van der Waals surface area contributed by atoms with Gasteiger partial charge in [0.1, 0.15) is 29.6 Å². The van der Waals surface area contributed by atoms with E-state index in [9.17, 15) is 9.90 Å². The van der Waals surface area contributed by atoms with Gasteiger partial charge in [-0.15, -0.1) is 0 Å². The zero-order valence-electron chi connectivity index (χ0n) is 17.7. The van der Waals surface area contributed by atoms with E-state index in [4.69, 9.17) is 14.2 Å². The Labute approximate surface area is 182 Å². The van der Waals surface area contributed by atoms with Crippen LogP contribution in [0.2, 0.25) is 0 Å². The lowest BCUT2D eigenvalue weighted by Gasteiger charge is -2.10. The lowest BCUT2D eigenvalue weighted by atomic mass is 10.1. The number of carbonyl (C=O) groups excluding carboxylic acids is 1. The van der Waals surface area contributed by atoms with Gasteiger partial charge in [0.05, 0.1) is 18.8 Å². The first-order valence-electron chi connectivity index (χ1n) is 10.2. The Kier molecular flexibility index (Phi) is 7.71. The molecule has 0 spiro atoms. The summed E-state index contributed by atoms with van der Waals surface area (Å²) in [6.07, 6.45) is 3.08. The Balaban J connectivity index is 1.70. The summed E-state index contributed by atoms with van der Waals surface area (Å²) < 4.78 is 16.9. The Hall–Kier alpha value is -3.73. The third kappa shape index (κ3) is 6.12. The number of phenols is 1. The summed E-state index contributed by atoms with van der Waals surface area (Å²) in [5.74, 6) is 1.39. The third-order valence-corrected chi connectivity index (χ3v) is 4.49. The molecule has 0 heterocycles. The Morgan fingerprint density at radius 3 is 2.29 bits per heavy atom. The second kappa shape index (κ2) is 10.9. The maximum atomic E-state index is 12.6. The fourth-order valence-corrected chi connectivity index (χ4v) is 3.00. The quantitative estimate of drug-likeness (QED) is 0.340. The SMILES string of the molecule is CCOc1ccc(C=CC(=O)c2ccc(OCc3ccccc3)cc2O)c(OCC)c1. The van der Waals surface area contributed by atoms with Crippen molar-refractivity contribution >= 4 is 11.9 Å². The maximum absolute atomic E-state index is 12.6. The van der Waals surface area contributed by atoms with E-state index in [0.717, 1.165) is 11.1 Å². The number of hydrogen-bond acceptors (Lipinski definition) is 5. The summed E-state index contributed by atoms with van der Waals surface area (Å²) >= 11 is 0. The van der Waals surface area contributed by atoms with Gasteiger partial charge in [0, 0.05) is 17.7 Å². The number of carbonyl (C=O) groups is 1. The molecule has 0 atom stereocenters. The lowest BCUT2D eigenvalue weighted by Crippen LogP contribution is -1.99. The minimum Gasteiger partial charge on any atom is -0.507 e. The summed E-state index contributed by atoms with van der Waals surface area (Å²) in [4.78, 5) is 12.6. The third-order valence-electron chi connectivity index (χ3n) is 4.49. The van der Waals surface area contributed by atoms with Crippen molar-refractivity contribution in [1.29, 1.82) is 0 Å². The van der Waals surface area contributed by atoms with Gasteiger partial charge < -0.3 is 19.3 Å². The van der Waals surface area contributed by atoms with Crippen LogP contribution in [0.4, 0.5) is 0 Å². The molecular formula is C26H26O5. The number of hydrogen-bond donors (Lipinski definition) is 1. The van der Waals surface area contributed by atoms with Gasteiger partial charge in [-0.2, -0.15) is 0 Å². The molecule has 0 saturated carbocycles. The van der Waals surface area contributed by atoms with E-state index in [2.05, 4.69) is 0 Å². The molecule has 3 aromatic rings. The van der Waals surface area contributed by atoms with Crippen molar-refractivity contribution in [3.63, 3.8) is 0 Å². The fraction of sp³-hybridized carbons (Fsp3) is 0.192. The number of benzene rings is 3. The molecule has 5 heteroatoms. The van der Waals surface area contributed by atoms with Gasteiger partial charge >= 0.3 is 0 Å². The normalized spacial score (nSPS) is 10.8. The van der Waals surface area contributed by atoms with Gasteiger partial charge in [0.2, 0.25) is 0 Å². The van der Waals surface area contributed by atoms with Crippen LogP contribution in [0.5, 0.6) is 23.0 Å². The zero-order valence-corrected chi connectivity index (χ0v) is 17.7. The van der Waals surface area contributed by atoms with Crippen LogP contribution in [-0.4, -0.2) is 24.1 Å². The van der Waals surface area contributed by atoms with Crippen molar-refractivity contribution in [3.05, 3.63) is 89.5 Å². The summed E-state index contributed by atoms with van der Waals surface area (Å²) in [6.45, 7) is 5.24. The number of ether oxygens (including phenoxy) is 3. The summed E-state index contributed by atoms with van der Waals surface area (Å²) in [6, 6.07) is 19.9. The van der Waals surface area contributed by atoms with E-state index in [1.807, 2.05) is 56.3 Å². The Morgan fingerprint density at radius 1 is 0.871 bits per heavy atom. The number of ketones is 1. The van der Waals surface area contributed by atoms with E-state index in [1.165, 1.54) is 12.1 Å². The summed E-state index contributed by atoms with van der Waals surface area (Å²) in [5, 5.41) is 10.3. The predicted molar refractivity (Wildman–Crippen MR) is 121 cm³/mol. The van der Waals surface area contributed by atoms with Crippen LogP contribution in [-0.2, 0) is 6.61 Å². The first-order chi connectivity index (χ1) is 15.1. The monoisotopic (exact) mass is 418 g/mol. The van der Waals surface area contributed by atoms with Crippen molar-refractivity contribution in [2.45, 2.75) is 20.5 Å². The van der Waals surface area contributed by atoms with Crippen LogP contribution >= 0.6 is 0 Å². The van der Waals surface area contributed by atoms with Gasteiger partial charge in [0.15, 0.2) is 5.78 Å². The molecule has 0 aromatic heterocycles. The molecule has 0 aliphatic heterocycles. The molecule has 3 rings (SSSR count). The Bertz CT molecular complexity index is 1040. The van der Waals surface area contributed by atoms with E-state index < -0.39 is 0 Å². The Morgan fingerprint density at radius 2 is 1.58 bits per heavy atom. The van der Waals surface area contributed by atoms with E-state index in [0.29, 0.717) is 37.1 Å². The second-order valence-electron chi connectivity index (χ2n) is 6.72. The van der Waals surface area contributed by atoms with Crippen LogP contribution in [0, 0.1) is 0 Å². The van der Waals surface area contributed by atoms with Crippen LogP contribution in [0.3, 0.4) is 0 Å². The topological polar surface area (TPSA) is 65.0 Å². The van der Waals surface area contributed by atoms with E-state index >= 15 is 0 Å². The number of phenolic OH excluding ortho intramolecular Hbond substituents is 1. The number of rotatable bonds is 10. The van der Waals surface area contributed by atoms with Crippen LogP contribution in [0.1, 0.15) is 35.3 Å². The molecule has 0 aliphatic rings. The van der Waals surface area contributed by atoms with Gasteiger partial charge in [-0.3, -0.25) is 4.79 Å². The first kappa shape index (κ1) is 22.0. The first-order valence-corrected chi connectivity index (χ1v) is 10.2. The summed E-state index contributed by atoms with van der Waals surface area (Å²) in [7, 11) is 0. The van der Waals surface area contributed by atoms with Crippen molar-refractivity contribution < 1.29 is 24.1 Å². The highest BCUT2D eigenvalue weighted by atomic mass is 16.5. The average molecular weight is 418 g/mol. The van der Waals surface area contributed by atoms with Crippen LogP contribution in [0.15, 0.2) is 72.8 Å². The number of aromatic hydroxyl groups is 1. The molecule has 0 amide bonds. The molecule has 1 N–H and O–H groups in total. The molecule has 5 nitrogen and oxygen atoms in total. The number of allylic oxidation sites excluding steroid dienone is 1. The average Bonchev–Trinajstić information content (AvgIpc) is 2.78. The van der Waals surface area contributed by atoms with Crippen molar-refractivity contribution in [1.82, 2.24) is 0 Å². The van der Waals surface area contributed by atoms with Gasteiger partial charge in [0.25, 0.3) is 0 Å². The second-order valence-corrected chi connectivity index (χ2v) is 6.72. The smallest absolute Gasteiger partial charge is 0.189 e. The highest BCUT2D eigenvalue weighted by Gasteiger charge is 2.11. The van der Waals surface area contributed by atoms with Gasteiger partial charge in [-0.1, -0.05) is 30.3 Å². The van der Waals surface area contributed by atoms with Gasteiger partial charge in [-0.05, 0) is 55.8 Å². The molecule has 0 fully saturated rings. The van der Waals surface area contributed by atoms with Crippen LogP contribution in [0.25, 0.3) is 6.08 Å². The molecule has 0 unspecified atom stereocenters.